The van der Waals surface area contributed by atoms with Gasteiger partial charge in [-0.2, -0.15) is 4.80 Å². The van der Waals surface area contributed by atoms with E-state index in [0.29, 0.717) is 16.7 Å². The number of aromatic nitrogens is 3. The first kappa shape index (κ1) is 21.9. The van der Waals surface area contributed by atoms with Gasteiger partial charge in [0.25, 0.3) is 5.91 Å². The lowest BCUT2D eigenvalue weighted by atomic mass is 10.1. The maximum atomic E-state index is 12.6. The highest BCUT2D eigenvalue weighted by atomic mass is 16.6. The average Bonchev–Trinajstić information content (AvgIpc) is 3.26. The van der Waals surface area contributed by atoms with Crippen LogP contribution in [-0.2, 0) is 6.42 Å². The summed E-state index contributed by atoms with van der Waals surface area (Å²) in [6, 6.07) is 17.4. The number of nitrogens with one attached hydrogen (secondary N) is 1. The Morgan fingerprint density at radius 1 is 1.06 bits per heavy atom. The van der Waals surface area contributed by atoms with Gasteiger partial charge >= 0.3 is 5.69 Å². The maximum Gasteiger partial charge on any atom is 0.311 e. The monoisotopic (exact) mass is 445 g/mol. The molecule has 0 fully saturated rings. The summed E-state index contributed by atoms with van der Waals surface area (Å²) in [5.74, 6) is -0.386. The SMILES string of the molecule is CCCCc1ccc(-n2nc3ccc(NC(=O)c4ccc(OC)c([N+](=O)[O-])c4)cc3n2)cc1. The number of hydrogen-bond donors (Lipinski definition) is 1. The summed E-state index contributed by atoms with van der Waals surface area (Å²) in [5.41, 5.74) is 3.81. The lowest BCUT2D eigenvalue weighted by molar-refractivity contribution is -0.385. The number of nitro groups is 1. The van der Waals surface area contributed by atoms with Crippen molar-refractivity contribution < 1.29 is 14.5 Å². The zero-order valence-electron chi connectivity index (χ0n) is 18.3. The molecule has 0 radical (unpaired) electrons. The van der Waals surface area contributed by atoms with E-state index in [9.17, 15) is 14.9 Å². The molecule has 4 aromatic rings. The third-order valence-electron chi connectivity index (χ3n) is 5.26. The number of anilines is 1. The van der Waals surface area contributed by atoms with Gasteiger partial charge in [-0.25, -0.2) is 0 Å². The third-order valence-corrected chi connectivity index (χ3v) is 5.26. The molecule has 1 aromatic heterocycles. The van der Waals surface area contributed by atoms with Gasteiger partial charge in [0.05, 0.1) is 17.7 Å². The Balaban J connectivity index is 1.53. The quantitative estimate of drug-likeness (QED) is 0.304. The number of aryl methyl sites for hydroxylation is 1. The Morgan fingerprint density at radius 3 is 2.52 bits per heavy atom. The Bertz CT molecular complexity index is 1310. The van der Waals surface area contributed by atoms with Crippen molar-refractivity contribution in [1.29, 1.82) is 0 Å². The fraction of sp³-hybridized carbons (Fsp3) is 0.208. The number of carbonyl (C=O) groups is 1. The highest BCUT2D eigenvalue weighted by Crippen LogP contribution is 2.28. The number of amides is 1. The minimum Gasteiger partial charge on any atom is -0.490 e. The predicted octanol–water partition coefficient (Wildman–Crippen LogP) is 4.93. The minimum atomic E-state index is -0.587. The van der Waals surface area contributed by atoms with Crippen LogP contribution in [0.15, 0.2) is 60.7 Å². The molecule has 0 spiro atoms. The number of hydrogen-bond acceptors (Lipinski definition) is 6. The van der Waals surface area contributed by atoms with Crippen LogP contribution in [0.5, 0.6) is 5.75 Å². The van der Waals surface area contributed by atoms with Crippen molar-refractivity contribution in [2.24, 2.45) is 0 Å². The van der Waals surface area contributed by atoms with Gasteiger partial charge < -0.3 is 10.1 Å². The summed E-state index contributed by atoms with van der Waals surface area (Å²) < 4.78 is 4.98. The number of carbonyl (C=O) groups excluding carboxylic acids is 1. The minimum absolute atomic E-state index is 0.0907. The van der Waals surface area contributed by atoms with E-state index < -0.39 is 10.8 Å². The van der Waals surface area contributed by atoms with E-state index in [1.807, 2.05) is 12.1 Å². The van der Waals surface area contributed by atoms with Crippen molar-refractivity contribution in [2.45, 2.75) is 26.2 Å². The van der Waals surface area contributed by atoms with Gasteiger partial charge in [-0.1, -0.05) is 25.5 Å². The Labute approximate surface area is 190 Å². The number of nitrogens with zero attached hydrogens (tertiary/aromatic N) is 4. The molecule has 0 aliphatic rings. The van der Waals surface area contributed by atoms with Crippen molar-refractivity contribution in [3.63, 3.8) is 0 Å². The average molecular weight is 445 g/mol. The highest BCUT2D eigenvalue weighted by Gasteiger charge is 2.18. The van der Waals surface area contributed by atoms with Gasteiger partial charge in [-0.15, -0.1) is 10.2 Å². The second-order valence-electron chi connectivity index (χ2n) is 7.56. The Hall–Kier alpha value is -4.27. The second-order valence-corrected chi connectivity index (χ2v) is 7.56. The van der Waals surface area contributed by atoms with Crippen LogP contribution in [0.4, 0.5) is 11.4 Å². The molecule has 0 aliphatic heterocycles. The second kappa shape index (κ2) is 9.47. The van der Waals surface area contributed by atoms with E-state index >= 15 is 0 Å². The van der Waals surface area contributed by atoms with E-state index in [0.717, 1.165) is 24.9 Å². The van der Waals surface area contributed by atoms with Gasteiger partial charge in [0.1, 0.15) is 11.0 Å². The molecule has 0 aliphatic carbocycles. The first-order valence-corrected chi connectivity index (χ1v) is 10.6. The smallest absolute Gasteiger partial charge is 0.311 e. The fourth-order valence-electron chi connectivity index (χ4n) is 3.46. The largest absolute Gasteiger partial charge is 0.490 e. The summed E-state index contributed by atoms with van der Waals surface area (Å²) in [7, 11) is 1.34. The topological polar surface area (TPSA) is 112 Å². The highest BCUT2D eigenvalue weighted by molar-refractivity contribution is 6.05. The molecule has 168 valence electrons. The summed E-state index contributed by atoms with van der Waals surface area (Å²) in [6.45, 7) is 2.17. The van der Waals surface area contributed by atoms with Crippen molar-refractivity contribution in [1.82, 2.24) is 15.0 Å². The van der Waals surface area contributed by atoms with Crippen LogP contribution in [0.1, 0.15) is 35.7 Å². The van der Waals surface area contributed by atoms with Gasteiger partial charge in [-0.3, -0.25) is 14.9 Å². The molecule has 0 bridgehead atoms. The van der Waals surface area contributed by atoms with Gasteiger partial charge in [0, 0.05) is 17.3 Å². The maximum absolute atomic E-state index is 12.6. The van der Waals surface area contributed by atoms with Crippen LogP contribution in [-0.4, -0.2) is 32.9 Å². The Morgan fingerprint density at radius 2 is 1.82 bits per heavy atom. The zero-order valence-corrected chi connectivity index (χ0v) is 18.3. The number of nitro benzene ring substituents is 1. The summed E-state index contributed by atoms with van der Waals surface area (Å²) in [5, 5.41) is 23.0. The van der Waals surface area contributed by atoms with E-state index in [1.165, 1.54) is 30.9 Å². The number of unbranched alkanes of at least 4 members (excludes halogenated alkanes) is 1. The number of fused-ring (bicyclic) bond motifs is 1. The first-order chi connectivity index (χ1) is 16.0. The third kappa shape index (κ3) is 4.82. The van der Waals surface area contributed by atoms with Gasteiger partial charge in [0.15, 0.2) is 5.75 Å². The molecule has 0 atom stereocenters. The molecule has 33 heavy (non-hydrogen) atoms. The fourth-order valence-corrected chi connectivity index (χ4v) is 3.46. The van der Waals surface area contributed by atoms with Crippen LogP contribution >= 0.6 is 0 Å². The van der Waals surface area contributed by atoms with E-state index in [-0.39, 0.29) is 17.0 Å². The zero-order chi connectivity index (χ0) is 23.4. The van der Waals surface area contributed by atoms with Crippen molar-refractivity contribution >= 4 is 28.3 Å². The number of ether oxygens (including phenoxy) is 1. The molecule has 1 N–H and O–H groups in total. The first-order valence-electron chi connectivity index (χ1n) is 10.6. The molecule has 3 aromatic carbocycles. The van der Waals surface area contributed by atoms with E-state index in [2.05, 4.69) is 34.6 Å². The van der Waals surface area contributed by atoms with Crippen LogP contribution < -0.4 is 10.1 Å². The number of methoxy groups -OCH3 is 1. The molecule has 1 heterocycles. The normalized spacial score (nSPS) is 10.8. The molecular weight excluding hydrogens is 422 g/mol. The van der Waals surface area contributed by atoms with Crippen LogP contribution in [0.3, 0.4) is 0 Å². The Kier molecular flexibility index (Phi) is 6.30. The molecule has 0 unspecified atom stereocenters. The van der Waals surface area contributed by atoms with Crippen LogP contribution in [0.25, 0.3) is 16.7 Å². The molecule has 4 rings (SSSR count). The van der Waals surface area contributed by atoms with E-state index in [4.69, 9.17) is 4.74 Å². The van der Waals surface area contributed by atoms with Crippen LogP contribution in [0, 0.1) is 10.1 Å². The van der Waals surface area contributed by atoms with Crippen LogP contribution in [0.2, 0.25) is 0 Å². The van der Waals surface area contributed by atoms with Gasteiger partial charge in [-0.05, 0) is 60.9 Å². The number of rotatable bonds is 8. The van der Waals surface area contributed by atoms with Crippen molar-refractivity contribution in [3.05, 3.63) is 81.9 Å². The lowest BCUT2D eigenvalue weighted by Gasteiger charge is -2.06. The summed E-state index contributed by atoms with van der Waals surface area (Å²) >= 11 is 0. The number of benzene rings is 3. The van der Waals surface area contributed by atoms with Crippen molar-refractivity contribution in [2.75, 3.05) is 12.4 Å². The molecule has 9 heteroatoms. The van der Waals surface area contributed by atoms with Crippen molar-refractivity contribution in [3.8, 4) is 11.4 Å². The van der Waals surface area contributed by atoms with Gasteiger partial charge in [0.2, 0.25) is 0 Å². The predicted molar refractivity (Wildman–Crippen MR) is 125 cm³/mol. The molecule has 1 amide bonds. The standard InChI is InChI=1S/C24H23N5O4/c1-3-4-5-16-6-10-19(11-7-16)28-26-20-12-9-18(15-21(20)27-28)25-24(30)17-8-13-23(33-2)22(14-17)29(31)32/h6-15H,3-5H2,1-2H3,(H,25,30). The summed E-state index contributed by atoms with van der Waals surface area (Å²) in [6.07, 6.45) is 3.36. The van der Waals surface area contributed by atoms with E-state index in [1.54, 1.807) is 23.0 Å². The molecule has 9 nitrogen and oxygen atoms in total. The lowest BCUT2D eigenvalue weighted by Crippen LogP contribution is -2.12. The summed E-state index contributed by atoms with van der Waals surface area (Å²) in [4.78, 5) is 24.8. The molecule has 0 saturated carbocycles. The molecular formula is C24H23N5O4. The molecule has 0 saturated heterocycles.